The van der Waals surface area contributed by atoms with E-state index < -0.39 is 23.9 Å². The Bertz CT molecular complexity index is 1270. The summed E-state index contributed by atoms with van der Waals surface area (Å²) in [7, 11) is 0. The molecular formula is C28H28N2O13. The van der Waals surface area contributed by atoms with Crippen LogP contribution in [0.1, 0.15) is 20.7 Å². The van der Waals surface area contributed by atoms with E-state index in [-0.39, 0.29) is 77.2 Å². The number of carbonyl (C=O) groups is 4. The molecule has 0 radical (unpaired) electrons. The van der Waals surface area contributed by atoms with E-state index in [0.29, 0.717) is 11.4 Å². The zero-order chi connectivity index (χ0) is 31.1. The SMILES string of the molecule is N#COc1ccc(C(=O)OCCOCC(=O)OCCOCCOC(=O)COCCOC(=O)c2ccc(N=C=O)cc2)cc1. The van der Waals surface area contributed by atoms with Crippen LogP contribution in [-0.2, 0) is 47.5 Å². The molecule has 0 heterocycles. The number of benzene rings is 2. The minimum Gasteiger partial charge on any atom is -0.462 e. The molecule has 2 rings (SSSR count). The van der Waals surface area contributed by atoms with Gasteiger partial charge in [0.05, 0.1) is 43.2 Å². The molecule has 0 fully saturated rings. The van der Waals surface area contributed by atoms with Crippen LogP contribution in [0.4, 0.5) is 5.69 Å². The van der Waals surface area contributed by atoms with Crippen molar-refractivity contribution in [3.8, 4) is 12.0 Å². The van der Waals surface area contributed by atoms with Gasteiger partial charge in [0, 0.05) is 0 Å². The lowest BCUT2D eigenvalue weighted by Crippen LogP contribution is -2.20. The Morgan fingerprint density at radius 1 is 0.605 bits per heavy atom. The molecule has 0 saturated carbocycles. The maximum Gasteiger partial charge on any atom is 0.338 e. The molecular weight excluding hydrogens is 572 g/mol. The molecule has 0 aliphatic heterocycles. The molecule has 0 aliphatic carbocycles. The topological polar surface area (TPSA) is 195 Å². The van der Waals surface area contributed by atoms with Crippen LogP contribution < -0.4 is 4.74 Å². The van der Waals surface area contributed by atoms with Crippen molar-refractivity contribution in [3.63, 3.8) is 0 Å². The summed E-state index contributed by atoms with van der Waals surface area (Å²) in [5.41, 5.74) is 0.879. The average molecular weight is 601 g/mol. The second-order valence-electron chi connectivity index (χ2n) is 7.90. The van der Waals surface area contributed by atoms with Crippen molar-refractivity contribution in [1.29, 1.82) is 5.26 Å². The van der Waals surface area contributed by atoms with Gasteiger partial charge >= 0.3 is 23.9 Å². The maximum atomic E-state index is 11.9. The minimum absolute atomic E-state index is 0.0257. The summed E-state index contributed by atoms with van der Waals surface area (Å²) < 4.78 is 39.9. The van der Waals surface area contributed by atoms with E-state index in [4.69, 9.17) is 38.4 Å². The molecule has 0 amide bonds. The average Bonchev–Trinajstić information content (AvgIpc) is 3.01. The Hall–Kier alpha value is -5.13. The van der Waals surface area contributed by atoms with Gasteiger partial charge in [-0.25, -0.2) is 24.0 Å². The van der Waals surface area contributed by atoms with Gasteiger partial charge in [-0.2, -0.15) is 4.99 Å². The first-order chi connectivity index (χ1) is 20.9. The highest BCUT2D eigenvalue weighted by molar-refractivity contribution is 5.90. The van der Waals surface area contributed by atoms with E-state index in [1.807, 2.05) is 0 Å². The van der Waals surface area contributed by atoms with Crippen molar-refractivity contribution in [2.24, 2.45) is 4.99 Å². The fourth-order valence-electron chi connectivity index (χ4n) is 2.92. The molecule has 43 heavy (non-hydrogen) atoms. The number of hydrogen-bond donors (Lipinski definition) is 0. The quantitative estimate of drug-likeness (QED) is 0.0531. The molecule has 0 aromatic heterocycles. The summed E-state index contributed by atoms with van der Waals surface area (Å²) in [6.07, 6.45) is 2.92. The zero-order valence-electron chi connectivity index (χ0n) is 22.9. The van der Waals surface area contributed by atoms with E-state index >= 15 is 0 Å². The summed E-state index contributed by atoms with van der Waals surface area (Å²) in [5.74, 6) is -2.19. The number of ether oxygens (including phenoxy) is 8. The first kappa shape index (κ1) is 34.1. The van der Waals surface area contributed by atoms with Gasteiger partial charge in [0.15, 0.2) is 0 Å². The highest BCUT2D eigenvalue weighted by Gasteiger charge is 2.10. The Morgan fingerprint density at radius 2 is 1.05 bits per heavy atom. The van der Waals surface area contributed by atoms with Gasteiger partial charge in [-0.3, -0.25) is 0 Å². The van der Waals surface area contributed by atoms with Crippen LogP contribution in [0, 0.1) is 11.5 Å². The highest BCUT2D eigenvalue weighted by Crippen LogP contribution is 2.13. The predicted octanol–water partition coefficient (Wildman–Crippen LogP) is 1.66. The van der Waals surface area contributed by atoms with Gasteiger partial charge in [-0.15, -0.1) is 5.26 Å². The molecule has 0 N–H and O–H groups in total. The number of carbonyl (C=O) groups excluding carboxylic acids is 5. The summed E-state index contributed by atoms with van der Waals surface area (Å²) in [5, 5.41) is 8.44. The molecule has 228 valence electrons. The third-order valence-electron chi connectivity index (χ3n) is 4.87. The van der Waals surface area contributed by atoms with Crippen molar-refractivity contribution in [2.75, 3.05) is 66.1 Å². The fourth-order valence-corrected chi connectivity index (χ4v) is 2.92. The summed E-state index contributed by atoms with van der Waals surface area (Å²) in [6.45, 7) is -0.885. The lowest BCUT2D eigenvalue weighted by molar-refractivity contribution is -0.152. The van der Waals surface area contributed by atoms with Crippen LogP contribution in [0.3, 0.4) is 0 Å². The Morgan fingerprint density at radius 3 is 1.51 bits per heavy atom. The largest absolute Gasteiger partial charge is 0.462 e. The molecule has 2 aromatic rings. The number of isocyanates is 1. The first-order valence-corrected chi connectivity index (χ1v) is 12.7. The van der Waals surface area contributed by atoms with Crippen LogP contribution in [0.2, 0.25) is 0 Å². The summed E-state index contributed by atoms with van der Waals surface area (Å²) in [4.78, 5) is 60.7. The second kappa shape index (κ2) is 20.7. The molecule has 0 unspecified atom stereocenters. The second-order valence-corrected chi connectivity index (χ2v) is 7.90. The van der Waals surface area contributed by atoms with Crippen molar-refractivity contribution in [3.05, 3.63) is 59.7 Å². The van der Waals surface area contributed by atoms with Crippen molar-refractivity contribution in [2.45, 2.75) is 0 Å². The van der Waals surface area contributed by atoms with Crippen LogP contribution in [-0.4, -0.2) is 96.0 Å². The van der Waals surface area contributed by atoms with Gasteiger partial charge in [0.2, 0.25) is 6.08 Å². The van der Waals surface area contributed by atoms with Gasteiger partial charge in [0.1, 0.15) is 45.4 Å². The van der Waals surface area contributed by atoms with E-state index in [1.54, 1.807) is 0 Å². The lowest BCUT2D eigenvalue weighted by atomic mass is 10.2. The van der Waals surface area contributed by atoms with Gasteiger partial charge < -0.3 is 37.9 Å². The zero-order valence-corrected chi connectivity index (χ0v) is 22.9. The number of nitriles is 1. The minimum atomic E-state index is -0.640. The van der Waals surface area contributed by atoms with Crippen LogP contribution in [0.15, 0.2) is 53.5 Å². The molecule has 0 saturated heterocycles. The number of hydrogen-bond acceptors (Lipinski definition) is 15. The number of aliphatic imine (C=N–C) groups is 1. The molecule has 0 bridgehead atoms. The number of esters is 4. The molecule has 0 atom stereocenters. The van der Waals surface area contributed by atoms with Gasteiger partial charge in [-0.05, 0) is 48.5 Å². The van der Waals surface area contributed by atoms with Gasteiger partial charge in [0.25, 0.3) is 6.26 Å². The number of rotatable bonds is 20. The van der Waals surface area contributed by atoms with E-state index in [1.165, 1.54) is 60.9 Å². The highest BCUT2D eigenvalue weighted by atomic mass is 16.6. The normalized spacial score (nSPS) is 10.0. The monoisotopic (exact) mass is 600 g/mol. The predicted molar refractivity (Wildman–Crippen MR) is 142 cm³/mol. The third-order valence-corrected chi connectivity index (χ3v) is 4.87. The maximum absolute atomic E-state index is 11.9. The standard InChI is InChI=1S/C28H28N2O13/c29-19-43-24-7-3-22(4-8-24)28(35)42-16-12-38-18-26(33)40-14-10-36-9-13-39-25(32)17-37-11-15-41-27(34)21-1-5-23(6-2-21)30-20-31/h1-8H,9-18H2. The third kappa shape index (κ3) is 14.9. The van der Waals surface area contributed by atoms with Crippen molar-refractivity contribution < 1.29 is 61.9 Å². The Kier molecular flexibility index (Phi) is 16.4. The van der Waals surface area contributed by atoms with Crippen LogP contribution >= 0.6 is 0 Å². The molecule has 15 heteroatoms. The summed E-state index contributed by atoms with van der Waals surface area (Å²) in [6, 6.07) is 11.6. The first-order valence-electron chi connectivity index (χ1n) is 12.7. The Balaban J connectivity index is 1.38. The van der Waals surface area contributed by atoms with Crippen LogP contribution in [0.5, 0.6) is 5.75 Å². The van der Waals surface area contributed by atoms with Crippen LogP contribution in [0.25, 0.3) is 0 Å². The number of nitrogens with zero attached hydrogens (tertiary/aromatic N) is 2. The lowest BCUT2D eigenvalue weighted by Gasteiger charge is -2.09. The molecule has 0 aliphatic rings. The van der Waals surface area contributed by atoms with E-state index in [9.17, 15) is 24.0 Å². The van der Waals surface area contributed by atoms with Crippen molar-refractivity contribution >= 4 is 35.6 Å². The fraction of sp³-hybridized carbons (Fsp3) is 0.357. The van der Waals surface area contributed by atoms with Gasteiger partial charge in [-0.1, -0.05) is 0 Å². The van der Waals surface area contributed by atoms with E-state index in [2.05, 4.69) is 9.73 Å². The molecule has 15 nitrogen and oxygen atoms in total. The molecule has 2 aromatic carbocycles. The molecule has 0 spiro atoms. The van der Waals surface area contributed by atoms with E-state index in [0.717, 1.165) is 0 Å². The summed E-state index contributed by atoms with van der Waals surface area (Å²) >= 11 is 0. The Labute approximate surface area is 245 Å². The smallest absolute Gasteiger partial charge is 0.338 e. The van der Waals surface area contributed by atoms with Crippen molar-refractivity contribution in [1.82, 2.24) is 0 Å².